The average Bonchev–Trinajstić information content (AvgIpc) is 2.59. The maximum Gasteiger partial charge on any atom is 0.328 e. The monoisotopic (exact) mass is 390 g/mol. The van der Waals surface area contributed by atoms with Crippen molar-refractivity contribution in [2.45, 2.75) is 64.4 Å². The highest BCUT2D eigenvalue weighted by Crippen LogP contribution is 2.09. The molecule has 0 rings (SSSR count). The minimum Gasteiger partial charge on any atom is -0.480 e. The van der Waals surface area contributed by atoms with Gasteiger partial charge in [-0.1, -0.05) is 20.3 Å². The first-order valence-electron chi connectivity index (χ1n) is 8.64. The van der Waals surface area contributed by atoms with Crippen LogP contribution >= 0.6 is 0 Å². The van der Waals surface area contributed by atoms with Gasteiger partial charge in [-0.3, -0.25) is 14.4 Å². The SMILES string of the molecule is CCC(C)C(NC(=O)CNC(=O)C(N)C(C)O)C(=O)NC(C(=O)O)C(C)O. The summed E-state index contributed by atoms with van der Waals surface area (Å²) in [7, 11) is 0. The summed E-state index contributed by atoms with van der Waals surface area (Å²) < 4.78 is 0. The third-order valence-electron chi connectivity index (χ3n) is 4.10. The van der Waals surface area contributed by atoms with Crippen molar-refractivity contribution in [3.8, 4) is 0 Å². The molecule has 0 fully saturated rings. The van der Waals surface area contributed by atoms with Crippen LogP contribution in [-0.4, -0.2) is 75.9 Å². The number of carboxylic acids is 1. The predicted octanol–water partition coefficient (Wildman–Crippen LogP) is -2.71. The number of carbonyl (C=O) groups excluding carboxylic acids is 3. The molecule has 11 heteroatoms. The number of amides is 3. The fourth-order valence-electron chi connectivity index (χ4n) is 2.06. The summed E-state index contributed by atoms with van der Waals surface area (Å²) in [5.41, 5.74) is 5.44. The summed E-state index contributed by atoms with van der Waals surface area (Å²) in [4.78, 5) is 47.2. The van der Waals surface area contributed by atoms with Crippen LogP contribution in [0.3, 0.4) is 0 Å². The van der Waals surface area contributed by atoms with Crippen LogP contribution in [0.1, 0.15) is 34.1 Å². The molecule has 0 saturated carbocycles. The van der Waals surface area contributed by atoms with E-state index in [1.54, 1.807) is 13.8 Å². The molecular weight excluding hydrogens is 360 g/mol. The molecular formula is C16H30N4O7. The maximum atomic E-state index is 12.4. The highest BCUT2D eigenvalue weighted by molar-refractivity contribution is 5.92. The van der Waals surface area contributed by atoms with Crippen molar-refractivity contribution >= 4 is 23.7 Å². The molecule has 6 atom stereocenters. The van der Waals surface area contributed by atoms with Crippen LogP contribution in [0.25, 0.3) is 0 Å². The quantitative estimate of drug-likeness (QED) is 0.198. The Morgan fingerprint density at radius 2 is 1.48 bits per heavy atom. The van der Waals surface area contributed by atoms with Crippen molar-refractivity contribution in [1.82, 2.24) is 16.0 Å². The van der Waals surface area contributed by atoms with Gasteiger partial charge >= 0.3 is 5.97 Å². The molecule has 0 bridgehead atoms. The van der Waals surface area contributed by atoms with E-state index in [-0.39, 0.29) is 5.92 Å². The molecule has 27 heavy (non-hydrogen) atoms. The molecule has 0 aliphatic rings. The highest BCUT2D eigenvalue weighted by Gasteiger charge is 2.32. The van der Waals surface area contributed by atoms with E-state index in [1.807, 2.05) is 0 Å². The summed E-state index contributed by atoms with van der Waals surface area (Å²) in [5.74, 6) is -3.94. The number of hydrogen-bond donors (Lipinski definition) is 7. The zero-order valence-corrected chi connectivity index (χ0v) is 15.9. The molecule has 0 spiro atoms. The van der Waals surface area contributed by atoms with Gasteiger partial charge in [0.15, 0.2) is 6.04 Å². The van der Waals surface area contributed by atoms with Crippen molar-refractivity contribution in [1.29, 1.82) is 0 Å². The van der Waals surface area contributed by atoms with E-state index in [1.165, 1.54) is 13.8 Å². The lowest BCUT2D eigenvalue weighted by Crippen LogP contribution is -2.58. The Balaban J connectivity index is 4.96. The molecule has 156 valence electrons. The first kappa shape index (κ1) is 24.8. The Labute approximate surface area is 157 Å². The van der Waals surface area contributed by atoms with Crippen molar-refractivity contribution in [3.63, 3.8) is 0 Å². The van der Waals surface area contributed by atoms with Gasteiger partial charge < -0.3 is 37.0 Å². The Kier molecular flexibility index (Phi) is 10.5. The third-order valence-corrected chi connectivity index (χ3v) is 4.10. The summed E-state index contributed by atoms with van der Waals surface area (Å²) in [6.45, 7) is 5.54. The van der Waals surface area contributed by atoms with Crippen LogP contribution in [0, 0.1) is 5.92 Å². The lowest BCUT2D eigenvalue weighted by molar-refractivity contribution is -0.145. The van der Waals surface area contributed by atoms with Gasteiger partial charge in [-0.2, -0.15) is 0 Å². The molecule has 0 aromatic heterocycles. The van der Waals surface area contributed by atoms with E-state index in [9.17, 15) is 29.4 Å². The molecule has 0 heterocycles. The van der Waals surface area contributed by atoms with Crippen LogP contribution < -0.4 is 21.7 Å². The fourth-order valence-corrected chi connectivity index (χ4v) is 2.06. The Bertz CT molecular complexity index is 539. The molecule has 0 aliphatic carbocycles. The van der Waals surface area contributed by atoms with Gasteiger partial charge in [0.05, 0.1) is 18.8 Å². The molecule has 0 aromatic carbocycles. The molecule has 6 unspecified atom stereocenters. The van der Waals surface area contributed by atoms with E-state index in [0.29, 0.717) is 6.42 Å². The van der Waals surface area contributed by atoms with Gasteiger partial charge in [0.25, 0.3) is 0 Å². The van der Waals surface area contributed by atoms with Gasteiger partial charge in [-0.15, -0.1) is 0 Å². The Morgan fingerprint density at radius 3 is 1.89 bits per heavy atom. The van der Waals surface area contributed by atoms with Crippen molar-refractivity contribution in [2.24, 2.45) is 11.7 Å². The predicted molar refractivity (Wildman–Crippen MR) is 95.3 cm³/mol. The van der Waals surface area contributed by atoms with Crippen molar-refractivity contribution < 1.29 is 34.5 Å². The number of carboxylic acid groups (broad SMARTS) is 1. The molecule has 11 nitrogen and oxygen atoms in total. The third kappa shape index (κ3) is 8.33. The normalized spacial score (nSPS) is 17.6. The smallest absolute Gasteiger partial charge is 0.328 e. The van der Waals surface area contributed by atoms with Crippen LogP contribution in [-0.2, 0) is 19.2 Å². The molecule has 0 aromatic rings. The molecule has 3 amide bonds. The molecule has 0 aliphatic heterocycles. The summed E-state index contributed by atoms with van der Waals surface area (Å²) in [5, 5.41) is 34.6. The van der Waals surface area contributed by atoms with E-state index in [4.69, 9.17) is 10.8 Å². The maximum absolute atomic E-state index is 12.4. The zero-order chi connectivity index (χ0) is 21.3. The van der Waals surface area contributed by atoms with Gasteiger partial charge in [-0.05, 0) is 19.8 Å². The second kappa shape index (κ2) is 11.5. The fraction of sp³-hybridized carbons (Fsp3) is 0.750. The number of aliphatic hydroxyl groups is 2. The standard InChI is InChI=1S/C16H30N4O7/c1-5-7(2)12(15(25)20-13(9(4)22)16(26)27)19-10(23)6-18-14(24)11(17)8(3)21/h7-9,11-13,21-22H,5-6,17H2,1-4H3,(H,18,24)(H,19,23)(H,20,25)(H,26,27). The number of hydrogen-bond acceptors (Lipinski definition) is 7. The number of rotatable bonds is 11. The van der Waals surface area contributed by atoms with Gasteiger partial charge in [0.1, 0.15) is 12.1 Å². The van der Waals surface area contributed by atoms with Gasteiger partial charge in [-0.25, -0.2) is 4.79 Å². The first-order chi connectivity index (χ1) is 12.4. The van der Waals surface area contributed by atoms with Crippen molar-refractivity contribution in [2.75, 3.05) is 6.54 Å². The summed E-state index contributed by atoms with van der Waals surface area (Å²) in [6, 6.07) is -3.79. The second-order valence-electron chi connectivity index (χ2n) is 6.48. The van der Waals surface area contributed by atoms with E-state index in [2.05, 4.69) is 16.0 Å². The van der Waals surface area contributed by atoms with Crippen LogP contribution in [0.2, 0.25) is 0 Å². The number of aliphatic carboxylic acids is 1. The van der Waals surface area contributed by atoms with E-state index >= 15 is 0 Å². The second-order valence-corrected chi connectivity index (χ2v) is 6.48. The van der Waals surface area contributed by atoms with Crippen LogP contribution in [0.15, 0.2) is 0 Å². The topological polar surface area (TPSA) is 191 Å². The summed E-state index contributed by atoms with van der Waals surface area (Å²) >= 11 is 0. The lowest BCUT2D eigenvalue weighted by atomic mass is 9.97. The molecule has 0 saturated heterocycles. The average molecular weight is 390 g/mol. The first-order valence-corrected chi connectivity index (χ1v) is 8.64. The van der Waals surface area contributed by atoms with E-state index in [0.717, 1.165) is 0 Å². The summed E-state index contributed by atoms with van der Waals surface area (Å²) in [6.07, 6.45) is -1.93. The Hall–Kier alpha value is -2.24. The Morgan fingerprint density at radius 1 is 0.926 bits per heavy atom. The van der Waals surface area contributed by atoms with Crippen LogP contribution in [0.4, 0.5) is 0 Å². The largest absolute Gasteiger partial charge is 0.480 e. The van der Waals surface area contributed by atoms with Crippen LogP contribution in [0.5, 0.6) is 0 Å². The van der Waals surface area contributed by atoms with Crippen molar-refractivity contribution in [3.05, 3.63) is 0 Å². The highest BCUT2D eigenvalue weighted by atomic mass is 16.4. The lowest BCUT2D eigenvalue weighted by Gasteiger charge is -2.26. The number of nitrogens with two attached hydrogens (primary N) is 1. The number of aliphatic hydroxyl groups excluding tert-OH is 2. The molecule has 0 radical (unpaired) electrons. The van der Waals surface area contributed by atoms with E-state index < -0.39 is 60.6 Å². The minimum absolute atomic E-state index is 0.340. The van der Waals surface area contributed by atoms with Gasteiger partial charge in [0, 0.05) is 0 Å². The van der Waals surface area contributed by atoms with Gasteiger partial charge in [0.2, 0.25) is 17.7 Å². The minimum atomic E-state index is -1.52. The molecule has 8 N–H and O–H groups in total. The number of carbonyl (C=O) groups is 4. The number of nitrogens with one attached hydrogen (secondary N) is 3. The zero-order valence-electron chi connectivity index (χ0n) is 15.9.